The van der Waals surface area contributed by atoms with Gasteiger partial charge in [0.1, 0.15) is 5.25 Å². The van der Waals surface area contributed by atoms with E-state index in [9.17, 15) is 13.2 Å². The summed E-state index contributed by atoms with van der Waals surface area (Å²) in [6.07, 6.45) is 4.06. The van der Waals surface area contributed by atoms with Crippen molar-refractivity contribution in [2.75, 3.05) is 13.1 Å². The highest BCUT2D eigenvalue weighted by Crippen LogP contribution is 2.16. The van der Waals surface area contributed by atoms with Crippen LogP contribution in [-0.2, 0) is 21.2 Å². The van der Waals surface area contributed by atoms with Gasteiger partial charge in [0, 0.05) is 31.9 Å². The normalized spacial score (nSPS) is 20.4. The molecule has 0 radical (unpaired) electrons. The SMILES string of the molecule is NS(=O)(=O)C1CC(=O)N(CCc2ccncc2)C1. The van der Waals surface area contributed by atoms with Crippen molar-refractivity contribution in [2.45, 2.75) is 18.1 Å². The molecule has 1 atom stereocenters. The van der Waals surface area contributed by atoms with E-state index in [-0.39, 0.29) is 18.9 Å². The van der Waals surface area contributed by atoms with Crippen LogP contribution in [0, 0.1) is 0 Å². The molecule has 0 spiro atoms. The summed E-state index contributed by atoms with van der Waals surface area (Å²) in [5.74, 6) is -0.150. The summed E-state index contributed by atoms with van der Waals surface area (Å²) < 4.78 is 22.4. The Morgan fingerprint density at radius 3 is 2.61 bits per heavy atom. The molecule has 0 bridgehead atoms. The Morgan fingerprint density at radius 2 is 2.06 bits per heavy atom. The lowest BCUT2D eigenvalue weighted by molar-refractivity contribution is -0.127. The van der Waals surface area contributed by atoms with E-state index in [0.717, 1.165) is 5.56 Å². The fraction of sp³-hybridized carbons (Fsp3) is 0.455. The molecule has 7 heteroatoms. The number of rotatable bonds is 4. The van der Waals surface area contributed by atoms with Crippen molar-refractivity contribution in [3.05, 3.63) is 30.1 Å². The Labute approximate surface area is 106 Å². The van der Waals surface area contributed by atoms with Gasteiger partial charge in [0.2, 0.25) is 15.9 Å². The molecule has 98 valence electrons. The summed E-state index contributed by atoms with van der Waals surface area (Å²) in [5, 5.41) is 4.30. The Hall–Kier alpha value is -1.47. The van der Waals surface area contributed by atoms with Crippen LogP contribution in [-0.4, -0.2) is 42.5 Å². The standard InChI is InChI=1S/C11H15N3O3S/c12-18(16,17)10-7-11(15)14(8-10)6-3-9-1-4-13-5-2-9/h1-2,4-5,10H,3,6-8H2,(H2,12,16,17). The fourth-order valence-electron chi connectivity index (χ4n) is 1.99. The molecular weight excluding hydrogens is 254 g/mol. The maximum atomic E-state index is 11.6. The van der Waals surface area contributed by atoms with Gasteiger partial charge in [-0.2, -0.15) is 0 Å². The molecule has 1 unspecified atom stereocenters. The van der Waals surface area contributed by atoms with E-state index < -0.39 is 15.3 Å². The zero-order chi connectivity index (χ0) is 13.2. The lowest BCUT2D eigenvalue weighted by atomic mass is 10.2. The van der Waals surface area contributed by atoms with Gasteiger partial charge in [-0.25, -0.2) is 13.6 Å². The lowest BCUT2D eigenvalue weighted by Gasteiger charge is -2.15. The number of nitrogens with zero attached hydrogens (tertiary/aromatic N) is 2. The van der Waals surface area contributed by atoms with Crippen LogP contribution in [0.5, 0.6) is 0 Å². The third-order valence-electron chi connectivity index (χ3n) is 3.06. The van der Waals surface area contributed by atoms with Gasteiger partial charge in [-0.1, -0.05) is 0 Å². The predicted molar refractivity (Wildman–Crippen MR) is 66.0 cm³/mol. The van der Waals surface area contributed by atoms with E-state index in [2.05, 4.69) is 4.98 Å². The summed E-state index contributed by atoms with van der Waals surface area (Å²) in [4.78, 5) is 17.1. The molecule has 1 fully saturated rings. The summed E-state index contributed by atoms with van der Waals surface area (Å²) in [5.41, 5.74) is 1.07. The monoisotopic (exact) mass is 269 g/mol. The number of primary sulfonamides is 1. The third-order valence-corrected chi connectivity index (χ3v) is 4.31. The highest BCUT2D eigenvalue weighted by molar-refractivity contribution is 7.89. The van der Waals surface area contributed by atoms with Gasteiger partial charge in [-0.05, 0) is 24.1 Å². The highest BCUT2D eigenvalue weighted by Gasteiger charge is 2.35. The molecule has 1 aromatic heterocycles. The van der Waals surface area contributed by atoms with Gasteiger partial charge in [0.25, 0.3) is 0 Å². The minimum Gasteiger partial charge on any atom is -0.341 e. The van der Waals surface area contributed by atoms with Crippen molar-refractivity contribution in [2.24, 2.45) is 5.14 Å². The van der Waals surface area contributed by atoms with Gasteiger partial charge in [0.05, 0.1) is 0 Å². The van der Waals surface area contributed by atoms with Gasteiger partial charge < -0.3 is 4.90 Å². The molecule has 1 amide bonds. The van der Waals surface area contributed by atoms with Crippen LogP contribution in [0.1, 0.15) is 12.0 Å². The van der Waals surface area contributed by atoms with Crippen molar-refractivity contribution < 1.29 is 13.2 Å². The van der Waals surface area contributed by atoms with E-state index in [0.29, 0.717) is 13.0 Å². The second kappa shape index (κ2) is 5.03. The third kappa shape index (κ3) is 3.05. The Bertz CT molecular complexity index is 530. The van der Waals surface area contributed by atoms with Gasteiger partial charge >= 0.3 is 0 Å². The van der Waals surface area contributed by atoms with Crippen molar-refractivity contribution in [3.8, 4) is 0 Å². The van der Waals surface area contributed by atoms with Crippen molar-refractivity contribution in [1.29, 1.82) is 0 Å². The summed E-state index contributed by atoms with van der Waals surface area (Å²) in [6.45, 7) is 0.706. The van der Waals surface area contributed by atoms with Crippen LogP contribution in [0.2, 0.25) is 0 Å². The van der Waals surface area contributed by atoms with Crippen LogP contribution in [0.15, 0.2) is 24.5 Å². The number of amides is 1. The lowest BCUT2D eigenvalue weighted by Crippen LogP contribution is -2.33. The van der Waals surface area contributed by atoms with Crippen LogP contribution >= 0.6 is 0 Å². The molecule has 1 saturated heterocycles. The molecule has 1 aliphatic rings. The van der Waals surface area contributed by atoms with E-state index in [1.807, 2.05) is 12.1 Å². The first kappa shape index (κ1) is 13.0. The van der Waals surface area contributed by atoms with E-state index >= 15 is 0 Å². The largest absolute Gasteiger partial charge is 0.341 e. The number of hydrogen-bond donors (Lipinski definition) is 1. The molecule has 2 rings (SSSR count). The average molecular weight is 269 g/mol. The van der Waals surface area contributed by atoms with Gasteiger partial charge in [0.15, 0.2) is 0 Å². The number of carbonyl (C=O) groups excluding carboxylic acids is 1. The number of nitrogens with two attached hydrogens (primary N) is 1. The number of pyridine rings is 1. The first-order valence-electron chi connectivity index (χ1n) is 5.65. The number of likely N-dealkylation sites (tertiary alicyclic amines) is 1. The predicted octanol–water partition coefficient (Wildman–Crippen LogP) is -0.486. The molecule has 2 N–H and O–H groups in total. The van der Waals surface area contributed by atoms with Crippen molar-refractivity contribution >= 4 is 15.9 Å². The summed E-state index contributed by atoms with van der Waals surface area (Å²) >= 11 is 0. The maximum Gasteiger partial charge on any atom is 0.224 e. The first-order valence-corrected chi connectivity index (χ1v) is 7.26. The van der Waals surface area contributed by atoms with Crippen LogP contribution in [0.4, 0.5) is 0 Å². The Kier molecular flexibility index (Phi) is 3.63. The summed E-state index contributed by atoms with van der Waals surface area (Å²) in [7, 11) is -3.62. The second-order valence-electron chi connectivity index (χ2n) is 4.36. The van der Waals surface area contributed by atoms with Crippen molar-refractivity contribution in [3.63, 3.8) is 0 Å². The molecule has 2 heterocycles. The molecule has 0 saturated carbocycles. The average Bonchev–Trinajstić information content (AvgIpc) is 2.69. The van der Waals surface area contributed by atoms with E-state index in [1.165, 1.54) is 0 Å². The smallest absolute Gasteiger partial charge is 0.224 e. The minimum absolute atomic E-state index is 0.00478. The highest BCUT2D eigenvalue weighted by atomic mass is 32.2. The molecule has 0 aromatic carbocycles. The van der Waals surface area contributed by atoms with E-state index in [1.54, 1.807) is 17.3 Å². The van der Waals surface area contributed by atoms with Crippen LogP contribution in [0.3, 0.4) is 0 Å². The fourth-order valence-corrected chi connectivity index (χ4v) is 2.75. The quantitative estimate of drug-likeness (QED) is 0.798. The molecule has 1 aliphatic heterocycles. The second-order valence-corrected chi connectivity index (χ2v) is 6.21. The first-order chi connectivity index (χ1) is 8.47. The Morgan fingerprint density at radius 1 is 1.39 bits per heavy atom. The molecule has 18 heavy (non-hydrogen) atoms. The number of carbonyl (C=O) groups is 1. The van der Waals surface area contributed by atoms with Gasteiger partial charge in [-0.3, -0.25) is 9.78 Å². The molecule has 1 aromatic rings. The number of aromatic nitrogens is 1. The molecular formula is C11H15N3O3S. The van der Waals surface area contributed by atoms with Crippen LogP contribution < -0.4 is 5.14 Å². The zero-order valence-electron chi connectivity index (χ0n) is 9.82. The van der Waals surface area contributed by atoms with Gasteiger partial charge in [-0.15, -0.1) is 0 Å². The van der Waals surface area contributed by atoms with Crippen molar-refractivity contribution in [1.82, 2.24) is 9.88 Å². The Balaban J connectivity index is 1.94. The summed E-state index contributed by atoms with van der Waals surface area (Å²) in [6, 6.07) is 3.75. The topological polar surface area (TPSA) is 93.4 Å². The zero-order valence-corrected chi connectivity index (χ0v) is 10.6. The molecule has 0 aliphatic carbocycles. The number of hydrogen-bond acceptors (Lipinski definition) is 4. The minimum atomic E-state index is -3.62. The number of sulfonamides is 1. The molecule has 6 nitrogen and oxygen atoms in total. The maximum absolute atomic E-state index is 11.6. The van der Waals surface area contributed by atoms with E-state index in [4.69, 9.17) is 5.14 Å². The van der Waals surface area contributed by atoms with Crippen LogP contribution in [0.25, 0.3) is 0 Å².